The lowest BCUT2D eigenvalue weighted by molar-refractivity contribution is -0.870. The van der Waals surface area contributed by atoms with E-state index in [0.29, 0.717) is 17.4 Å². The third kappa shape index (κ3) is 76.0. The van der Waals surface area contributed by atoms with Crippen molar-refractivity contribution in [2.24, 2.45) is 0 Å². The van der Waals surface area contributed by atoms with E-state index in [1.807, 2.05) is 21.1 Å². The van der Waals surface area contributed by atoms with Crippen LogP contribution < -0.4 is 0 Å². The normalized spacial score (nSPS) is 13.6. The molecule has 0 saturated carbocycles. The Balaban J connectivity index is 3.91. The number of esters is 2. The Hall–Kier alpha value is -3.07. The Labute approximate surface area is 570 Å². The fraction of sp³-hybridized carbons (Fsp3) is 0.780. The monoisotopic (exact) mass is 1310 g/mol. The van der Waals surface area contributed by atoms with Crippen LogP contribution in [0.25, 0.3) is 0 Å². The zero-order valence-corrected chi connectivity index (χ0v) is 61.9. The van der Waals surface area contributed by atoms with Crippen LogP contribution in [0, 0.1) is 0 Å². The Morgan fingerprint density at radius 1 is 0.337 bits per heavy atom. The predicted molar refractivity (Wildman–Crippen MR) is 399 cm³/mol. The van der Waals surface area contributed by atoms with Gasteiger partial charge < -0.3 is 18.9 Å². The van der Waals surface area contributed by atoms with Crippen molar-refractivity contribution in [3.63, 3.8) is 0 Å². The number of unbranched alkanes of at least 4 members (excludes halogenated alkanes) is 42. The van der Waals surface area contributed by atoms with Gasteiger partial charge >= 0.3 is 19.8 Å². The average molecular weight is 1310 g/mol. The summed E-state index contributed by atoms with van der Waals surface area (Å²) in [5.74, 6) is -0.783. The van der Waals surface area contributed by atoms with Crippen LogP contribution in [0.1, 0.15) is 361 Å². The molecule has 0 aromatic heterocycles. The van der Waals surface area contributed by atoms with Crippen LogP contribution >= 0.6 is 7.82 Å². The second-order valence-electron chi connectivity index (χ2n) is 27.3. The van der Waals surface area contributed by atoms with Crippen molar-refractivity contribution in [1.82, 2.24) is 0 Å². The second-order valence-corrected chi connectivity index (χ2v) is 28.8. The summed E-state index contributed by atoms with van der Waals surface area (Å²) in [4.78, 5) is 36.0. The molecule has 0 fully saturated rings. The molecule has 0 aliphatic carbocycles. The number of rotatable bonds is 72. The molecule has 9 nitrogen and oxygen atoms in total. The maximum atomic E-state index is 12.9. The summed E-state index contributed by atoms with van der Waals surface area (Å²) in [6.07, 6.45) is 101. The molecule has 0 radical (unpaired) electrons. The SMILES string of the molecule is CC/C=C\C/C=C\C/C=C\C/C=C\CCCCCCCCCCCCCCCCCCCCCCCCCCCCCCC(=O)OC(COC(=O)CCCCCCCCCCCCCCCC/C=C\C/C=C\C/C=C\C/C=C\CC)COP(=O)(O)OCC[N+](C)(C)C. The van der Waals surface area contributed by atoms with E-state index in [-0.39, 0.29) is 32.0 Å². The van der Waals surface area contributed by atoms with Crippen LogP contribution in [0.2, 0.25) is 0 Å². The van der Waals surface area contributed by atoms with Gasteiger partial charge in [-0.05, 0) is 89.9 Å². The minimum absolute atomic E-state index is 0.0315. The van der Waals surface area contributed by atoms with Gasteiger partial charge in [0.1, 0.15) is 19.8 Å². The molecule has 1 N–H and O–H groups in total. The molecular formula is C82H149NO8P+. The van der Waals surface area contributed by atoms with Gasteiger partial charge in [-0.25, -0.2) is 4.57 Å². The molecule has 534 valence electrons. The fourth-order valence-electron chi connectivity index (χ4n) is 11.2. The molecule has 0 aliphatic heterocycles. The lowest BCUT2D eigenvalue weighted by Crippen LogP contribution is -2.37. The van der Waals surface area contributed by atoms with E-state index in [2.05, 4.69) is 111 Å². The van der Waals surface area contributed by atoms with Crippen LogP contribution in [0.5, 0.6) is 0 Å². The van der Waals surface area contributed by atoms with Crippen molar-refractivity contribution in [2.75, 3.05) is 47.5 Å². The third-order valence-corrected chi connectivity index (χ3v) is 18.1. The number of phosphoric ester groups is 1. The summed E-state index contributed by atoms with van der Waals surface area (Å²) in [7, 11) is 1.49. The van der Waals surface area contributed by atoms with E-state index in [9.17, 15) is 19.0 Å². The first-order chi connectivity index (χ1) is 45.0. The maximum Gasteiger partial charge on any atom is 0.472 e. The lowest BCUT2D eigenvalue weighted by Gasteiger charge is -2.24. The van der Waals surface area contributed by atoms with Crippen LogP contribution in [-0.4, -0.2) is 74.9 Å². The number of quaternary nitrogens is 1. The van der Waals surface area contributed by atoms with Crippen molar-refractivity contribution in [3.8, 4) is 0 Å². The fourth-order valence-corrected chi connectivity index (χ4v) is 12.0. The molecule has 0 bridgehead atoms. The van der Waals surface area contributed by atoms with Crippen molar-refractivity contribution in [2.45, 2.75) is 367 Å². The highest BCUT2D eigenvalue weighted by atomic mass is 31.2. The van der Waals surface area contributed by atoms with Crippen LogP contribution in [0.15, 0.2) is 97.2 Å². The van der Waals surface area contributed by atoms with Crippen molar-refractivity contribution in [1.29, 1.82) is 0 Å². The smallest absolute Gasteiger partial charge is 0.462 e. The molecule has 0 aliphatic rings. The van der Waals surface area contributed by atoms with Crippen LogP contribution in [0.4, 0.5) is 0 Å². The van der Waals surface area contributed by atoms with Gasteiger partial charge in [-0.2, -0.15) is 0 Å². The number of carbonyl (C=O) groups excluding carboxylic acids is 2. The average Bonchev–Trinajstić information content (AvgIpc) is 2.23. The highest BCUT2D eigenvalue weighted by molar-refractivity contribution is 7.47. The standard InChI is InChI=1S/C82H148NO8P/c1-6-8-10-12-14-16-18-20-22-24-26-28-30-32-34-35-36-37-38-39-40-41-42-43-44-45-46-47-49-51-53-55-57-59-61-63-65-67-69-71-73-75-82(85)91-80(79-90-92(86,87)89-77-76-83(3,4)5)78-88-81(84)74-72-70-68-66-64-62-60-58-56-54-52-50-48-33-31-29-27-25-23-21-19-17-15-13-11-9-7-2/h8-11,14-17,20-23,26-29,80H,6-7,12-13,18-19,24-25,30-79H2,1-5H3/p+1/b10-8-,11-9-,16-14-,17-15-,22-20-,23-21-,28-26-,29-27-. The van der Waals surface area contributed by atoms with E-state index >= 15 is 0 Å². The molecule has 0 saturated heterocycles. The molecule has 2 unspecified atom stereocenters. The molecule has 92 heavy (non-hydrogen) atoms. The first-order valence-electron chi connectivity index (χ1n) is 39.0. The third-order valence-electron chi connectivity index (χ3n) is 17.1. The van der Waals surface area contributed by atoms with E-state index in [1.54, 1.807) is 0 Å². The summed E-state index contributed by atoms with van der Waals surface area (Å²) in [6.45, 7) is 4.26. The highest BCUT2D eigenvalue weighted by Gasteiger charge is 2.27. The van der Waals surface area contributed by atoms with Gasteiger partial charge in [-0.15, -0.1) is 0 Å². The largest absolute Gasteiger partial charge is 0.472 e. The molecule has 0 rings (SSSR count). The second kappa shape index (κ2) is 72.2. The Morgan fingerprint density at radius 3 is 0.870 bits per heavy atom. The zero-order chi connectivity index (χ0) is 66.9. The molecule has 2 atom stereocenters. The molecular weight excluding hydrogens is 1160 g/mol. The Bertz CT molecular complexity index is 1880. The van der Waals surface area contributed by atoms with Gasteiger partial charge in [0.05, 0.1) is 27.7 Å². The maximum absolute atomic E-state index is 12.9. The summed E-state index contributed by atoms with van der Waals surface area (Å²) in [5, 5.41) is 0. The molecule has 0 aromatic rings. The number of nitrogens with zero attached hydrogens (tertiary/aromatic N) is 1. The minimum atomic E-state index is -4.40. The zero-order valence-electron chi connectivity index (χ0n) is 61.0. The number of allylic oxidation sites excluding steroid dienone is 16. The molecule has 0 spiro atoms. The summed E-state index contributed by atoms with van der Waals surface area (Å²) >= 11 is 0. The van der Waals surface area contributed by atoms with Crippen molar-refractivity contribution < 1.29 is 42.1 Å². The minimum Gasteiger partial charge on any atom is -0.462 e. The highest BCUT2D eigenvalue weighted by Crippen LogP contribution is 2.43. The number of carbonyl (C=O) groups is 2. The summed E-state index contributed by atoms with van der Waals surface area (Å²) in [5.41, 5.74) is 0. The topological polar surface area (TPSA) is 108 Å². The van der Waals surface area contributed by atoms with Crippen molar-refractivity contribution >= 4 is 19.8 Å². The lowest BCUT2D eigenvalue weighted by atomic mass is 10.0. The van der Waals surface area contributed by atoms with E-state index in [4.69, 9.17) is 18.5 Å². The Kier molecular flexibility index (Phi) is 69.8. The van der Waals surface area contributed by atoms with Gasteiger partial charge in [0.2, 0.25) is 0 Å². The first kappa shape index (κ1) is 88.9. The summed E-state index contributed by atoms with van der Waals surface area (Å²) in [6, 6.07) is 0. The van der Waals surface area contributed by atoms with E-state index in [0.717, 1.165) is 83.5 Å². The van der Waals surface area contributed by atoms with E-state index < -0.39 is 26.5 Å². The first-order valence-corrected chi connectivity index (χ1v) is 40.5. The number of likely N-dealkylation sites (N-methyl/N-ethyl adjacent to an activating group) is 1. The van der Waals surface area contributed by atoms with Gasteiger partial charge in [-0.1, -0.05) is 355 Å². The summed E-state index contributed by atoms with van der Waals surface area (Å²) < 4.78 is 34.8. The van der Waals surface area contributed by atoms with Gasteiger partial charge in [0.15, 0.2) is 6.10 Å². The number of hydrogen-bond donors (Lipinski definition) is 1. The molecule has 0 heterocycles. The van der Waals surface area contributed by atoms with Crippen molar-refractivity contribution in [3.05, 3.63) is 97.2 Å². The van der Waals surface area contributed by atoms with Gasteiger partial charge in [0.25, 0.3) is 0 Å². The number of ether oxygens (including phenoxy) is 2. The molecule has 0 aromatic carbocycles. The quantitative estimate of drug-likeness (QED) is 0.0211. The predicted octanol–water partition coefficient (Wildman–Crippen LogP) is 25.8. The van der Waals surface area contributed by atoms with Gasteiger partial charge in [0, 0.05) is 12.8 Å². The van der Waals surface area contributed by atoms with Gasteiger partial charge in [-0.3, -0.25) is 18.6 Å². The Morgan fingerprint density at radius 2 is 0.587 bits per heavy atom. The molecule has 10 heteroatoms. The van der Waals surface area contributed by atoms with Crippen LogP contribution in [-0.2, 0) is 32.7 Å². The van der Waals surface area contributed by atoms with E-state index in [1.165, 1.54) is 244 Å². The number of hydrogen-bond acceptors (Lipinski definition) is 7. The molecule has 0 amide bonds. The number of phosphoric acid groups is 1. The van der Waals surface area contributed by atoms with Crippen LogP contribution in [0.3, 0.4) is 0 Å².